The average molecular weight is 87.1 g/mol. The van der Waals surface area contributed by atoms with Gasteiger partial charge in [0.2, 0.25) is 0 Å². The Bertz CT molecular complexity index is 56.6. The summed E-state index contributed by atoms with van der Waals surface area (Å²) in [6.45, 7) is 4.01. The second kappa shape index (κ2) is 2.69. The van der Waals surface area contributed by atoms with Crippen molar-refractivity contribution in [2.45, 2.75) is 20.3 Å². The summed E-state index contributed by atoms with van der Waals surface area (Å²) < 4.78 is 0. The van der Waals surface area contributed by atoms with Gasteiger partial charge in [-0.1, -0.05) is 6.92 Å². The summed E-state index contributed by atoms with van der Waals surface area (Å²) in [6.07, 6.45) is 1.01. The molecular weight excluding hydrogens is 76.1 g/mol. The second-order valence-corrected chi connectivity index (χ2v) is 1.28. The van der Waals surface area contributed by atoms with Gasteiger partial charge in [0.05, 0.1) is 0 Å². The molecular formula is C4H11N2+. The summed E-state index contributed by atoms with van der Waals surface area (Å²) in [5, 5.41) is 2.53. The topological polar surface area (TPSA) is 40.0 Å². The normalized spacial score (nSPS) is 12.0. The molecule has 0 radical (unpaired) electrons. The standard InChI is InChI=1S/C4H10N2/c1-3-4(2)6-5/h3,5H2,1-2H3/p+1. The van der Waals surface area contributed by atoms with Crippen LogP contribution in [0.3, 0.4) is 0 Å². The van der Waals surface area contributed by atoms with Crippen LogP contribution < -0.4 is 10.9 Å². The Morgan fingerprint density at radius 3 is 2.33 bits per heavy atom. The minimum atomic E-state index is 1.01. The molecule has 0 heterocycles. The molecule has 0 aromatic rings. The van der Waals surface area contributed by atoms with Gasteiger partial charge in [-0.05, 0) is 0 Å². The first-order valence-electron chi connectivity index (χ1n) is 2.10. The lowest BCUT2D eigenvalue weighted by atomic mass is 10.3. The molecule has 0 bridgehead atoms. The van der Waals surface area contributed by atoms with E-state index in [-0.39, 0.29) is 0 Å². The van der Waals surface area contributed by atoms with E-state index in [2.05, 4.69) is 12.0 Å². The fourth-order valence-corrected chi connectivity index (χ4v) is 0.102. The molecule has 3 N–H and O–H groups in total. The van der Waals surface area contributed by atoms with Gasteiger partial charge in [-0.15, -0.1) is 5.10 Å². The van der Waals surface area contributed by atoms with Crippen LogP contribution in [0.4, 0.5) is 0 Å². The first-order chi connectivity index (χ1) is 2.81. The molecule has 0 aliphatic rings. The van der Waals surface area contributed by atoms with Gasteiger partial charge in [-0.3, -0.25) is 0 Å². The molecule has 2 heteroatoms. The largest absolute Gasteiger partial charge is 0.213 e. The highest BCUT2D eigenvalue weighted by Crippen LogP contribution is 1.67. The molecule has 36 valence electrons. The van der Waals surface area contributed by atoms with Gasteiger partial charge in [0, 0.05) is 13.3 Å². The van der Waals surface area contributed by atoms with Crippen molar-refractivity contribution in [1.82, 2.24) is 0 Å². The monoisotopic (exact) mass is 87.1 g/mol. The summed E-state index contributed by atoms with van der Waals surface area (Å²) in [7, 11) is 0. The Kier molecular flexibility index (Phi) is 2.46. The van der Waals surface area contributed by atoms with Crippen molar-refractivity contribution in [3.05, 3.63) is 0 Å². The minimum Gasteiger partial charge on any atom is -0.213 e. The van der Waals surface area contributed by atoms with Gasteiger partial charge >= 0.3 is 0 Å². The van der Waals surface area contributed by atoms with Crippen molar-refractivity contribution in [2.24, 2.45) is 5.84 Å². The van der Waals surface area contributed by atoms with Crippen molar-refractivity contribution in [1.29, 1.82) is 0 Å². The smallest absolute Gasteiger partial charge is 0.176 e. The van der Waals surface area contributed by atoms with E-state index >= 15 is 0 Å². The van der Waals surface area contributed by atoms with Crippen LogP contribution in [0.15, 0.2) is 0 Å². The molecule has 0 fully saturated rings. The highest BCUT2D eigenvalue weighted by Gasteiger charge is 1.84. The molecule has 0 spiro atoms. The number of hydrazine groups is 1. The molecule has 0 unspecified atom stereocenters. The summed E-state index contributed by atoms with van der Waals surface area (Å²) >= 11 is 0. The van der Waals surface area contributed by atoms with Crippen molar-refractivity contribution in [3.63, 3.8) is 0 Å². The Morgan fingerprint density at radius 2 is 2.33 bits per heavy atom. The zero-order valence-corrected chi connectivity index (χ0v) is 4.28. The van der Waals surface area contributed by atoms with Crippen LogP contribution >= 0.6 is 0 Å². The van der Waals surface area contributed by atoms with Gasteiger partial charge in [0.1, 0.15) is 0 Å². The third-order valence-corrected chi connectivity index (χ3v) is 0.777. The predicted molar refractivity (Wildman–Crippen MR) is 26.1 cm³/mol. The zero-order chi connectivity index (χ0) is 4.99. The van der Waals surface area contributed by atoms with Crippen molar-refractivity contribution in [2.75, 3.05) is 0 Å². The number of hydrazone groups is 1. The van der Waals surface area contributed by atoms with Crippen LogP contribution in [-0.4, -0.2) is 5.71 Å². The van der Waals surface area contributed by atoms with Gasteiger partial charge in [-0.25, -0.2) is 5.84 Å². The van der Waals surface area contributed by atoms with Crippen LogP contribution in [0.25, 0.3) is 0 Å². The van der Waals surface area contributed by atoms with E-state index in [1.54, 1.807) is 0 Å². The zero-order valence-electron chi connectivity index (χ0n) is 4.28. The number of rotatable bonds is 1. The fourth-order valence-electron chi connectivity index (χ4n) is 0.102. The number of hydrogen-bond donors (Lipinski definition) is 2. The van der Waals surface area contributed by atoms with Crippen LogP contribution in [0.2, 0.25) is 0 Å². The number of nitrogens with one attached hydrogen (secondary N) is 1. The number of nitrogens with two attached hydrogens (primary N) is 1. The Hall–Kier alpha value is -0.530. The SMILES string of the molecule is CCC(C)=[NH+]N. The Labute approximate surface area is 38.0 Å². The van der Waals surface area contributed by atoms with Crippen molar-refractivity contribution < 1.29 is 5.10 Å². The van der Waals surface area contributed by atoms with Crippen molar-refractivity contribution >= 4 is 5.71 Å². The lowest BCUT2D eigenvalue weighted by molar-refractivity contribution is -0.471. The first-order valence-corrected chi connectivity index (χ1v) is 2.10. The highest BCUT2D eigenvalue weighted by molar-refractivity contribution is 5.75. The lowest BCUT2D eigenvalue weighted by Crippen LogP contribution is -2.79. The molecule has 6 heavy (non-hydrogen) atoms. The first kappa shape index (κ1) is 5.47. The maximum Gasteiger partial charge on any atom is 0.176 e. The second-order valence-electron chi connectivity index (χ2n) is 1.28. The van der Waals surface area contributed by atoms with Crippen LogP contribution in [-0.2, 0) is 0 Å². The Morgan fingerprint density at radius 1 is 1.83 bits per heavy atom. The molecule has 0 aromatic carbocycles. The predicted octanol–water partition coefficient (Wildman–Crippen LogP) is -1.19. The minimum absolute atomic E-state index is 1.01. The van der Waals surface area contributed by atoms with E-state index in [9.17, 15) is 0 Å². The van der Waals surface area contributed by atoms with E-state index in [1.807, 2.05) is 6.92 Å². The quantitative estimate of drug-likeness (QED) is 0.236. The highest BCUT2D eigenvalue weighted by atomic mass is 15.1. The van der Waals surface area contributed by atoms with E-state index in [4.69, 9.17) is 5.84 Å². The third-order valence-electron chi connectivity index (χ3n) is 0.777. The lowest BCUT2D eigenvalue weighted by Gasteiger charge is -1.75. The summed E-state index contributed by atoms with van der Waals surface area (Å²) in [6, 6.07) is 0. The van der Waals surface area contributed by atoms with Gasteiger partial charge < -0.3 is 0 Å². The fraction of sp³-hybridized carbons (Fsp3) is 0.750. The van der Waals surface area contributed by atoms with Crippen LogP contribution in [0.5, 0.6) is 0 Å². The summed E-state index contributed by atoms with van der Waals surface area (Å²) in [5.74, 6) is 5.00. The van der Waals surface area contributed by atoms with Gasteiger partial charge in [0.15, 0.2) is 5.71 Å². The molecule has 2 nitrogen and oxygen atoms in total. The average Bonchev–Trinajstić information content (AvgIpc) is 1.65. The maximum atomic E-state index is 5.00. The number of hydrogen-bond acceptors (Lipinski definition) is 1. The molecule has 0 atom stereocenters. The van der Waals surface area contributed by atoms with Gasteiger partial charge in [-0.2, -0.15) is 0 Å². The maximum absolute atomic E-state index is 5.00. The van der Waals surface area contributed by atoms with Crippen LogP contribution in [0.1, 0.15) is 20.3 Å². The molecule has 0 saturated carbocycles. The molecule has 0 saturated heterocycles. The Balaban J connectivity index is 3.22. The van der Waals surface area contributed by atoms with E-state index < -0.39 is 0 Å². The molecule has 0 aliphatic carbocycles. The molecule has 0 amide bonds. The van der Waals surface area contributed by atoms with Gasteiger partial charge in [0.25, 0.3) is 0 Å². The molecule has 0 aliphatic heterocycles. The summed E-state index contributed by atoms with van der Waals surface area (Å²) in [4.78, 5) is 0. The van der Waals surface area contributed by atoms with E-state index in [0.29, 0.717) is 0 Å². The van der Waals surface area contributed by atoms with E-state index in [1.165, 1.54) is 0 Å². The van der Waals surface area contributed by atoms with Crippen molar-refractivity contribution in [3.8, 4) is 0 Å². The molecule has 0 aromatic heterocycles. The summed E-state index contributed by atoms with van der Waals surface area (Å²) in [5.41, 5.74) is 1.12. The molecule has 0 rings (SSSR count). The van der Waals surface area contributed by atoms with Crippen LogP contribution in [0, 0.1) is 0 Å². The van der Waals surface area contributed by atoms with E-state index in [0.717, 1.165) is 12.1 Å². The third kappa shape index (κ3) is 1.76.